The summed E-state index contributed by atoms with van der Waals surface area (Å²) in [5.41, 5.74) is 4.88. The Bertz CT molecular complexity index is 2070. The van der Waals surface area contributed by atoms with Gasteiger partial charge in [0, 0.05) is 17.7 Å². The van der Waals surface area contributed by atoms with Gasteiger partial charge in [0.15, 0.2) is 21.2 Å². The van der Waals surface area contributed by atoms with Gasteiger partial charge in [-0.15, -0.1) is 0 Å². The van der Waals surface area contributed by atoms with Gasteiger partial charge in [0.25, 0.3) is 0 Å². The quantitative estimate of drug-likeness (QED) is 0.163. The van der Waals surface area contributed by atoms with E-state index < -0.39 is 39.5 Å². The molecule has 43 heavy (non-hydrogen) atoms. The molecule has 5 rings (SSSR count). The zero-order chi connectivity index (χ0) is 31.2. The molecule has 0 aliphatic heterocycles. The molecule has 0 atom stereocenters. The summed E-state index contributed by atoms with van der Waals surface area (Å²) < 4.78 is 102. The minimum absolute atomic E-state index is 0.103. The average molecular weight is 621 g/mol. The van der Waals surface area contributed by atoms with Gasteiger partial charge >= 0.3 is 18.0 Å². The Labute approximate surface area is 238 Å². The van der Waals surface area contributed by atoms with Crippen LogP contribution in [0, 0.1) is 12.0 Å². The lowest BCUT2D eigenvalue weighted by Crippen LogP contribution is -2.41. The van der Waals surface area contributed by atoms with Crippen molar-refractivity contribution in [3.05, 3.63) is 77.0 Å². The number of nitrogens with two attached hydrogens (primary N) is 1. The van der Waals surface area contributed by atoms with Crippen molar-refractivity contribution in [1.29, 1.82) is 0 Å². The van der Waals surface area contributed by atoms with Crippen molar-refractivity contribution >= 4 is 20.9 Å². The van der Waals surface area contributed by atoms with E-state index in [9.17, 15) is 35.2 Å². The molecule has 0 saturated heterocycles. The van der Waals surface area contributed by atoms with E-state index in [1.54, 1.807) is 24.3 Å². The van der Waals surface area contributed by atoms with Gasteiger partial charge in [0.2, 0.25) is 5.89 Å². The molecule has 5 aromatic rings. The molecule has 17 heteroatoms. The number of nitrogens with zero attached hydrogens (tertiary/aromatic N) is 5. The normalized spacial score (nSPS) is 12.2. The number of ether oxygens (including phenoxy) is 1. The summed E-state index contributed by atoms with van der Waals surface area (Å²) in [6.45, 7) is 1.38. The zero-order valence-corrected chi connectivity index (χ0v) is 22.4. The molecular formula is C26H17F5N6O5S. The molecule has 0 bridgehead atoms. The highest BCUT2D eigenvalue weighted by Crippen LogP contribution is 2.38. The number of rotatable bonds is 7. The SMILES string of the molecule is CCS(=O)(=O)c1ccc(-n2ncn(-c3ccc(C#CN)cc3)c2=O)nc1-c1nc2cc(OC(F)(F)C(F)(F)F)ccc2o1. The third-order valence-corrected chi connectivity index (χ3v) is 7.70. The molecule has 0 fully saturated rings. The Morgan fingerprint density at radius 1 is 1.02 bits per heavy atom. The zero-order valence-electron chi connectivity index (χ0n) is 21.6. The van der Waals surface area contributed by atoms with Gasteiger partial charge in [-0.2, -0.15) is 31.7 Å². The molecule has 11 nitrogen and oxygen atoms in total. The predicted octanol–water partition coefficient (Wildman–Crippen LogP) is 3.82. The molecule has 0 aliphatic rings. The van der Waals surface area contributed by atoms with Crippen molar-refractivity contribution in [3.8, 4) is 40.8 Å². The predicted molar refractivity (Wildman–Crippen MR) is 140 cm³/mol. The molecule has 0 aliphatic carbocycles. The first kappa shape index (κ1) is 29.3. The third-order valence-electron chi connectivity index (χ3n) is 5.95. The van der Waals surface area contributed by atoms with Crippen molar-refractivity contribution in [2.75, 3.05) is 5.75 Å². The molecule has 0 amide bonds. The monoisotopic (exact) mass is 620 g/mol. The number of sulfone groups is 1. The van der Waals surface area contributed by atoms with Gasteiger partial charge in [-0.3, -0.25) is 0 Å². The van der Waals surface area contributed by atoms with Crippen LogP contribution in [-0.4, -0.2) is 50.8 Å². The Kier molecular flexibility index (Phi) is 7.18. The van der Waals surface area contributed by atoms with E-state index in [0.717, 1.165) is 28.9 Å². The first-order valence-electron chi connectivity index (χ1n) is 12.0. The number of fused-ring (bicyclic) bond motifs is 1. The number of hydrogen-bond donors (Lipinski definition) is 1. The topological polar surface area (TPSA) is 148 Å². The maximum absolute atomic E-state index is 13.4. The van der Waals surface area contributed by atoms with Crippen LogP contribution in [0.1, 0.15) is 12.5 Å². The number of halogens is 5. The lowest BCUT2D eigenvalue weighted by molar-refractivity contribution is -0.360. The summed E-state index contributed by atoms with van der Waals surface area (Å²) in [6, 6.07) is 13.7. The van der Waals surface area contributed by atoms with Crippen LogP contribution >= 0.6 is 0 Å². The highest BCUT2D eigenvalue weighted by molar-refractivity contribution is 7.91. The Morgan fingerprint density at radius 3 is 2.40 bits per heavy atom. The fraction of sp³-hybridized carbons (Fsp3) is 0.154. The minimum atomic E-state index is -5.97. The molecule has 0 saturated carbocycles. The van der Waals surface area contributed by atoms with Crippen LogP contribution in [0.2, 0.25) is 0 Å². The van der Waals surface area contributed by atoms with E-state index >= 15 is 0 Å². The lowest BCUT2D eigenvalue weighted by Gasteiger charge is -2.19. The van der Waals surface area contributed by atoms with E-state index in [2.05, 4.69) is 31.8 Å². The van der Waals surface area contributed by atoms with E-state index in [1.807, 2.05) is 0 Å². The first-order chi connectivity index (χ1) is 20.2. The molecule has 3 heterocycles. The number of pyridine rings is 1. The van der Waals surface area contributed by atoms with Crippen LogP contribution in [0.15, 0.2) is 75.0 Å². The Morgan fingerprint density at radius 2 is 1.74 bits per heavy atom. The highest BCUT2D eigenvalue weighted by atomic mass is 32.2. The van der Waals surface area contributed by atoms with Crippen LogP contribution in [0.3, 0.4) is 0 Å². The van der Waals surface area contributed by atoms with Gasteiger partial charge in [-0.25, -0.2) is 27.7 Å². The van der Waals surface area contributed by atoms with Crippen molar-refractivity contribution < 1.29 is 39.5 Å². The largest absolute Gasteiger partial charge is 0.499 e. The molecule has 2 aromatic carbocycles. The minimum Gasteiger partial charge on any atom is -0.435 e. The van der Waals surface area contributed by atoms with E-state index in [4.69, 9.17) is 10.2 Å². The summed E-state index contributed by atoms with van der Waals surface area (Å²) in [5, 5.41) is 4.05. The van der Waals surface area contributed by atoms with E-state index in [-0.39, 0.29) is 33.3 Å². The number of hydrogen-bond acceptors (Lipinski definition) is 9. The summed E-state index contributed by atoms with van der Waals surface area (Å²) in [6.07, 6.45) is -10.2. The number of aromatic nitrogens is 5. The van der Waals surface area contributed by atoms with Gasteiger partial charge in [-0.05, 0) is 54.5 Å². The molecule has 3 aromatic heterocycles. The molecular weight excluding hydrogens is 603 g/mol. The Balaban J connectivity index is 1.59. The maximum Gasteiger partial charge on any atom is 0.499 e. The second-order valence-electron chi connectivity index (χ2n) is 8.70. The third kappa shape index (κ3) is 5.51. The number of oxazole rings is 1. The molecule has 0 unspecified atom stereocenters. The second-order valence-corrected chi connectivity index (χ2v) is 10.9. The van der Waals surface area contributed by atoms with Gasteiger partial charge in [0.05, 0.1) is 16.3 Å². The number of alkyl halides is 5. The Hall–Kier alpha value is -5.24. The van der Waals surface area contributed by atoms with Crippen molar-refractivity contribution in [3.63, 3.8) is 0 Å². The fourth-order valence-corrected chi connectivity index (χ4v) is 4.83. The molecule has 0 spiro atoms. The van der Waals surface area contributed by atoms with Gasteiger partial charge < -0.3 is 14.9 Å². The first-order valence-corrected chi connectivity index (χ1v) is 13.7. The lowest BCUT2D eigenvalue weighted by atomic mass is 10.2. The van der Waals surface area contributed by atoms with Crippen LogP contribution in [0.25, 0.3) is 34.2 Å². The van der Waals surface area contributed by atoms with E-state index in [0.29, 0.717) is 11.3 Å². The van der Waals surface area contributed by atoms with Crippen LogP contribution < -0.4 is 16.2 Å². The second kappa shape index (κ2) is 10.5. The summed E-state index contributed by atoms with van der Waals surface area (Å²) in [7, 11) is -3.96. The smallest absolute Gasteiger partial charge is 0.435 e. The van der Waals surface area contributed by atoms with E-state index in [1.165, 1.54) is 23.9 Å². The standard InChI is InChI=1S/C26H17F5N6O5S/c1-2-43(39,40)20-9-10-21(37-24(38)36(14-33-37)16-5-3-15(4-6-16)11-12-32)35-22(20)23-34-18-13-17(7-8-19(18)41-23)42-26(30,31)25(27,28)29/h3-10,13-14H,2,32H2,1H3. The average Bonchev–Trinajstić information content (AvgIpc) is 3.55. The summed E-state index contributed by atoms with van der Waals surface area (Å²) in [4.78, 5) is 21.2. The molecule has 0 radical (unpaired) electrons. The van der Waals surface area contributed by atoms with Crippen molar-refractivity contribution in [2.24, 2.45) is 5.73 Å². The van der Waals surface area contributed by atoms with Crippen LogP contribution in [0.5, 0.6) is 5.75 Å². The highest BCUT2D eigenvalue weighted by Gasteiger charge is 2.61. The number of benzene rings is 2. The van der Waals surface area contributed by atoms with Crippen LogP contribution in [-0.2, 0) is 9.84 Å². The van der Waals surface area contributed by atoms with Crippen molar-refractivity contribution in [2.45, 2.75) is 24.1 Å². The van der Waals surface area contributed by atoms with Gasteiger partial charge in [0.1, 0.15) is 23.3 Å². The maximum atomic E-state index is 13.4. The van der Waals surface area contributed by atoms with Crippen molar-refractivity contribution in [1.82, 2.24) is 24.3 Å². The fourth-order valence-electron chi connectivity index (χ4n) is 3.82. The van der Waals surface area contributed by atoms with Gasteiger partial charge in [-0.1, -0.05) is 6.92 Å². The molecule has 2 N–H and O–H groups in total. The van der Waals surface area contributed by atoms with Crippen LogP contribution in [0.4, 0.5) is 22.0 Å². The molecule has 222 valence electrons. The summed E-state index contributed by atoms with van der Waals surface area (Å²) >= 11 is 0. The summed E-state index contributed by atoms with van der Waals surface area (Å²) in [5.74, 6) is 0.879.